The van der Waals surface area contributed by atoms with Crippen LogP contribution in [-0.2, 0) is 6.42 Å². The Morgan fingerprint density at radius 1 is 1.07 bits per heavy atom. The smallest absolute Gasteiger partial charge is 0.275 e. The molecule has 138 valence electrons. The second-order valence-electron chi connectivity index (χ2n) is 6.49. The summed E-state index contributed by atoms with van der Waals surface area (Å²) in [7, 11) is 1.96. The fraction of sp³-hybridized carbons (Fsp3) is 0.238. The molecule has 6 heteroatoms. The number of likely N-dealkylation sites (N-methyl/N-ethyl adjacent to an activating group) is 1. The minimum atomic E-state index is -0.262. The molecule has 6 nitrogen and oxygen atoms in total. The lowest BCUT2D eigenvalue weighted by Crippen LogP contribution is -2.22. The molecule has 3 aromatic rings. The molecule has 27 heavy (non-hydrogen) atoms. The number of anilines is 2. The molecular formula is C21H23N5O. The van der Waals surface area contributed by atoms with Crippen molar-refractivity contribution in [2.75, 3.05) is 23.8 Å². The molecular weight excluding hydrogens is 338 g/mol. The third kappa shape index (κ3) is 4.67. The summed E-state index contributed by atoms with van der Waals surface area (Å²) in [5.74, 6) is 0.467. The van der Waals surface area contributed by atoms with Gasteiger partial charge in [-0.2, -0.15) is 0 Å². The Morgan fingerprint density at radius 3 is 2.56 bits per heavy atom. The molecule has 2 heterocycles. The van der Waals surface area contributed by atoms with E-state index in [1.165, 1.54) is 11.8 Å². The molecule has 0 unspecified atom stereocenters. The average molecular weight is 361 g/mol. The largest absolute Gasteiger partial charge is 0.358 e. The first kappa shape index (κ1) is 18.5. The van der Waals surface area contributed by atoms with Crippen LogP contribution in [0, 0.1) is 13.8 Å². The quantitative estimate of drug-likeness (QED) is 0.728. The molecule has 1 amide bonds. The second kappa shape index (κ2) is 8.40. The number of nitrogens with zero attached hydrogens (tertiary/aromatic N) is 4. The summed E-state index contributed by atoms with van der Waals surface area (Å²) in [4.78, 5) is 27.1. The van der Waals surface area contributed by atoms with Gasteiger partial charge in [0.2, 0.25) is 0 Å². The van der Waals surface area contributed by atoms with Gasteiger partial charge in [-0.3, -0.25) is 9.78 Å². The lowest BCUT2D eigenvalue weighted by atomic mass is 10.1. The zero-order chi connectivity index (χ0) is 19.2. The van der Waals surface area contributed by atoms with Crippen molar-refractivity contribution in [1.29, 1.82) is 0 Å². The standard InChI is InChI=1S/C21H23N5O/c1-15-5-4-6-18(16(15)2)25-21(27)19-13-24-20(14-23-19)26(3)12-9-17-7-10-22-11-8-17/h4-8,10-11,13-14H,9,12H2,1-3H3,(H,25,27). The number of carbonyl (C=O) groups is 1. The number of carbonyl (C=O) groups excluding carboxylic acids is 1. The van der Waals surface area contributed by atoms with E-state index < -0.39 is 0 Å². The number of pyridine rings is 1. The number of amides is 1. The van der Waals surface area contributed by atoms with Crippen molar-refractivity contribution in [2.45, 2.75) is 20.3 Å². The lowest BCUT2D eigenvalue weighted by molar-refractivity contribution is 0.102. The molecule has 0 atom stereocenters. The zero-order valence-corrected chi connectivity index (χ0v) is 15.8. The molecule has 1 N–H and O–H groups in total. The highest BCUT2D eigenvalue weighted by Crippen LogP contribution is 2.18. The Labute approximate surface area is 159 Å². The first-order valence-electron chi connectivity index (χ1n) is 8.84. The normalized spacial score (nSPS) is 10.5. The van der Waals surface area contributed by atoms with Crippen molar-refractivity contribution in [2.24, 2.45) is 0 Å². The molecule has 0 spiro atoms. The van der Waals surface area contributed by atoms with E-state index in [2.05, 4.69) is 20.3 Å². The van der Waals surface area contributed by atoms with Gasteiger partial charge in [-0.05, 0) is 55.2 Å². The summed E-state index contributed by atoms with van der Waals surface area (Å²) < 4.78 is 0. The summed E-state index contributed by atoms with van der Waals surface area (Å²) in [5.41, 5.74) is 4.48. The van der Waals surface area contributed by atoms with Gasteiger partial charge in [0.1, 0.15) is 11.5 Å². The first-order valence-corrected chi connectivity index (χ1v) is 8.84. The molecule has 0 aliphatic rings. The van der Waals surface area contributed by atoms with Gasteiger partial charge in [0.15, 0.2) is 0 Å². The Morgan fingerprint density at radius 2 is 1.85 bits per heavy atom. The van der Waals surface area contributed by atoms with Gasteiger partial charge in [0, 0.05) is 31.7 Å². The van der Waals surface area contributed by atoms with Gasteiger partial charge in [0.05, 0.1) is 12.4 Å². The first-order chi connectivity index (χ1) is 13.0. The minimum Gasteiger partial charge on any atom is -0.358 e. The Balaban J connectivity index is 1.62. The number of aromatic nitrogens is 3. The van der Waals surface area contributed by atoms with Gasteiger partial charge in [0.25, 0.3) is 5.91 Å². The van der Waals surface area contributed by atoms with Crippen molar-refractivity contribution in [3.63, 3.8) is 0 Å². The summed E-state index contributed by atoms with van der Waals surface area (Å²) in [6.07, 6.45) is 7.61. The molecule has 0 saturated carbocycles. The molecule has 2 aromatic heterocycles. The zero-order valence-electron chi connectivity index (χ0n) is 15.8. The highest BCUT2D eigenvalue weighted by Gasteiger charge is 2.12. The maximum atomic E-state index is 12.4. The molecule has 0 bridgehead atoms. The SMILES string of the molecule is Cc1cccc(NC(=O)c2cnc(N(C)CCc3ccncc3)cn2)c1C. The third-order valence-electron chi connectivity index (χ3n) is 4.60. The summed E-state index contributed by atoms with van der Waals surface area (Å²) in [6, 6.07) is 9.82. The maximum absolute atomic E-state index is 12.4. The predicted molar refractivity (Wildman–Crippen MR) is 107 cm³/mol. The van der Waals surface area contributed by atoms with Crippen LogP contribution < -0.4 is 10.2 Å². The van der Waals surface area contributed by atoms with Crippen LogP contribution in [0.5, 0.6) is 0 Å². The highest BCUT2D eigenvalue weighted by atomic mass is 16.1. The molecule has 0 saturated heterocycles. The summed E-state index contributed by atoms with van der Waals surface area (Å²) >= 11 is 0. The van der Waals surface area contributed by atoms with E-state index in [-0.39, 0.29) is 5.91 Å². The van der Waals surface area contributed by atoms with E-state index in [9.17, 15) is 4.79 Å². The highest BCUT2D eigenvalue weighted by molar-refractivity contribution is 6.03. The van der Waals surface area contributed by atoms with E-state index in [4.69, 9.17) is 0 Å². The van der Waals surface area contributed by atoms with Crippen molar-refractivity contribution >= 4 is 17.4 Å². The molecule has 3 rings (SSSR count). The van der Waals surface area contributed by atoms with Crippen LogP contribution in [0.15, 0.2) is 55.1 Å². The number of benzene rings is 1. The van der Waals surface area contributed by atoms with Gasteiger partial charge in [-0.25, -0.2) is 9.97 Å². The fourth-order valence-electron chi connectivity index (χ4n) is 2.67. The van der Waals surface area contributed by atoms with E-state index in [0.717, 1.165) is 35.6 Å². The van der Waals surface area contributed by atoms with Gasteiger partial charge < -0.3 is 10.2 Å². The third-order valence-corrected chi connectivity index (χ3v) is 4.60. The maximum Gasteiger partial charge on any atom is 0.275 e. The van der Waals surface area contributed by atoms with Crippen LogP contribution in [0.4, 0.5) is 11.5 Å². The summed E-state index contributed by atoms with van der Waals surface area (Å²) in [6.45, 7) is 4.80. The number of nitrogens with one attached hydrogen (secondary N) is 1. The van der Waals surface area contributed by atoms with Gasteiger partial charge in [-0.1, -0.05) is 12.1 Å². The number of hydrogen-bond donors (Lipinski definition) is 1. The van der Waals surface area contributed by atoms with Crippen LogP contribution in [0.25, 0.3) is 0 Å². The monoisotopic (exact) mass is 361 g/mol. The topological polar surface area (TPSA) is 71.0 Å². The number of rotatable bonds is 6. The van der Waals surface area contributed by atoms with Crippen LogP contribution in [-0.4, -0.2) is 34.5 Å². The molecule has 0 fully saturated rings. The van der Waals surface area contributed by atoms with E-state index >= 15 is 0 Å². The predicted octanol–water partition coefficient (Wildman–Crippen LogP) is 3.42. The molecule has 0 aliphatic heterocycles. The molecule has 0 aliphatic carbocycles. The van der Waals surface area contributed by atoms with Gasteiger partial charge >= 0.3 is 0 Å². The lowest BCUT2D eigenvalue weighted by Gasteiger charge is -2.17. The molecule has 1 aromatic carbocycles. The van der Waals surface area contributed by atoms with Crippen molar-refractivity contribution in [1.82, 2.24) is 15.0 Å². The number of aryl methyl sites for hydroxylation is 1. The van der Waals surface area contributed by atoms with Crippen LogP contribution >= 0.6 is 0 Å². The summed E-state index contributed by atoms with van der Waals surface area (Å²) in [5, 5.41) is 2.90. The average Bonchev–Trinajstić information content (AvgIpc) is 2.70. The van der Waals surface area contributed by atoms with E-state index in [1.807, 2.05) is 56.1 Å². The van der Waals surface area contributed by atoms with Crippen molar-refractivity contribution in [3.05, 3.63) is 77.5 Å². The van der Waals surface area contributed by atoms with E-state index in [0.29, 0.717) is 5.69 Å². The van der Waals surface area contributed by atoms with Crippen LogP contribution in [0.1, 0.15) is 27.2 Å². The Bertz CT molecular complexity index is 910. The Hall–Kier alpha value is -3.28. The minimum absolute atomic E-state index is 0.262. The Kier molecular flexibility index (Phi) is 5.76. The second-order valence-corrected chi connectivity index (χ2v) is 6.49. The van der Waals surface area contributed by atoms with Crippen LogP contribution in [0.3, 0.4) is 0 Å². The number of hydrogen-bond acceptors (Lipinski definition) is 5. The van der Waals surface area contributed by atoms with Crippen molar-refractivity contribution < 1.29 is 4.79 Å². The fourth-order valence-corrected chi connectivity index (χ4v) is 2.67. The molecule has 0 radical (unpaired) electrons. The van der Waals surface area contributed by atoms with E-state index in [1.54, 1.807) is 18.6 Å². The van der Waals surface area contributed by atoms with Crippen LogP contribution in [0.2, 0.25) is 0 Å². The van der Waals surface area contributed by atoms with Crippen molar-refractivity contribution in [3.8, 4) is 0 Å². The van der Waals surface area contributed by atoms with Gasteiger partial charge in [-0.15, -0.1) is 0 Å².